The predicted octanol–water partition coefficient (Wildman–Crippen LogP) is 0.657. The van der Waals surface area contributed by atoms with Crippen molar-refractivity contribution >= 4 is 11.6 Å². The van der Waals surface area contributed by atoms with Crippen molar-refractivity contribution in [2.45, 2.75) is 18.9 Å². The van der Waals surface area contributed by atoms with Gasteiger partial charge in [-0.15, -0.1) is 0 Å². The number of hydrogen-bond donors (Lipinski definition) is 1. The van der Waals surface area contributed by atoms with E-state index in [9.17, 15) is 0 Å². The topological polar surface area (TPSA) is 55.0 Å². The SMILES string of the molecule is CN(c1cncc(N)n1)C1CC1. The van der Waals surface area contributed by atoms with Gasteiger partial charge in [-0.2, -0.15) is 0 Å². The second-order valence-corrected chi connectivity index (χ2v) is 3.14. The van der Waals surface area contributed by atoms with E-state index in [-0.39, 0.29) is 0 Å². The Kier molecular flexibility index (Phi) is 1.60. The molecular formula is C8H12N4. The van der Waals surface area contributed by atoms with Crippen LogP contribution in [0, 0.1) is 0 Å². The highest BCUT2D eigenvalue weighted by atomic mass is 15.2. The fraction of sp³-hybridized carbons (Fsp3) is 0.500. The lowest BCUT2D eigenvalue weighted by atomic mass is 10.5. The molecule has 0 amide bonds. The molecule has 1 aromatic rings. The summed E-state index contributed by atoms with van der Waals surface area (Å²) in [6.07, 6.45) is 5.82. The minimum absolute atomic E-state index is 0.486. The number of nitrogens with zero attached hydrogens (tertiary/aromatic N) is 3. The maximum absolute atomic E-state index is 5.52. The summed E-state index contributed by atoms with van der Waals surface area (Å²) in [7, 11) is 2.03. The number of nitrogen functional groups attached to an aromatic ring is 1. The molecule has 1 aromatic heterocycles. The summed E-state index contributed by atoms with van der Waals surface area (Å²) in [6.45, 7) is 0. The Bertz CT molecular complexity index is 282. The van der Waals surface area contributed by atoms with Gasteiger partial charge in [0.1, 0.15) is 11.6 Å². The highest BCUT2D eigenvalue weighted by Gasteiger charge is 2.27. The van der Waals surface area contributed by atoms with Crippen LogP contribution in [0.4, 0.5) is 11.6 Å². The van der Waals surface area contributed by atoms with E-state index in [2.05, 4.69) is 14.9 Å². The van der Waals surface area contributed by atoms with Crippen LogP contribution in [-0.2, 0) is 0 Å². The van der Waals surface area contributed by atoms with Crippen molar-refractivity contribution in [3.8, 4) is 0 Å². The molecule has 0 unspecified atom stereocenters. The molecule has 0 bridgehead atoms. The standard InChI is InChI=1S/C8H12N4/c1-12(6-2-3-6)8-5-10-4-7(9)11-8/h4-6H,2-3H2,1H3,(H2,9,11). The zero-order valence-corrected chi connectivity index (χ0v) is 7.07. The Morgan fingerprint density at radius 3 is 2.83 bits per heavy atom. The normalized spacial score (nSPS) is 16.1. The molecule has 64 valence electrons. The number of hydrogen-bond acceptors (Lipinski definition) is 4. The average Bonchev–Trinajstić information content (AvgIpc) is 2.85. The van der Waals surface area contributed by atoms with Gasteiger partial charge in [0.05, 0.1) is 12.4 Å². The number of aromatic nitrogens is 2. The summed E-state index contributed by atoms with van der Waals surface area (Å²) in [5.74, 6) is 1.36. The first kappa shape index (κ1) is 7.34. The van der Waals surface area contributed by atoms with Crippen molar-refractivity contribution in [3.05, 3.63) is 12.4 Å². The van der Waals surface area contributed by atoms with Crippen molar-refractivity contribution in [3.63, 3.8) is 0 Å². The molecule has 1 heterocycles. The van der Waals surface area contributed by atoms with Crippen LogP contribution in [0.3, 0.4) is 0 Å². The zero-order chi connectivity index (χ0) is 8.55. The Balaban J connectivity index is 2.20. The molecule has 1 aliphatic rings. The largest absolute Gasteiger partial charge is 0.382 e. The average molecular weight is 164 g/mol. The first-order valence-electron chi connectivity index (χ1n) is 4.08. The van der Waals surface area contributed by atoms with Crippen molar-refractivity contribution in [2.24, 2.45) is 0 Å². The molecule has 1 aliphatic carbocycles. The lowest BCUT2D eigenvalue weighted by molar-refractivity contribution is 0.886. The van der Waals surface area contributed by atoms with E-state index in [0.29, 0.717) is 11.9 Å². The van der Waals surface area contributed by atoms with Gasteiger partial charge in [0, 0.05) is 13.1 Å². The van der Waals surface area contributed by atoms with Crippen LogP contribution in [0.1, 0.15) is 12.8 Å². The van der Waals surface area contributed by atoms with E-state index in [1.54, 1.807) is 12.4 Å². The van der Waals surface area contributed by atoms with Crippen molar-refractivity contribution < 1.29 is 0 Å². The maximum atomic E-state index is 5.52. The van der Waals surface area contributed by atoms with Gasteiger partial charge in [-0.1, -0.05) is 0 Å². The number of rotatable bonds is 2. The van der Waals surface area contributed by atoms with Gasteiger partial charge < -0.3 is 10.6 Å². The van der Waals surface area contributed by atoms with Crippen molar-refractivity contribution in [1.82, 2.24) is 9.97 Å². The fourth-order valence-corrected chi connectivity index (χ4v) is 1.19. The Morgan fingerprint density at radius 1 is 1.50 bits per heavy atom. The highest BCUT2D eigenvalue weighted by molar-refractivity contribution is 5.42. The molecule has 4 nitrogen and oxygen atoms in total. The smallest absolute Gasteiger partial charge is 0.149 e. The van der Waals surface area contributed by atoms with E-state index < -0.39 is 0 Å². The van der Waals surface area contributed by atoms with Crippen LogP contribution in [0.2, 0.25) is 0 Å². The first-order valence-corrected chi connectivity index (χ1v) is 4.08. The van der Waals surface area contributed by atoms with Gasteiger partial charge >= 0.3 is 0 Å². The van der Waals surface area contributed by atoms with Crippen molar-refractivity contribution in [2.75, 3.05) is 17.7 Å². The molecule has 0 atom stereocenters. The molecule has 12 heavy (non-hydrogen) atoms. The second-order valence-electron chi connectivity index (χ2n) is 3.14. The number of nitrogens with two attached hydrogens (primary N) is 1. The lowest BCUT2D eigenvalue weighted by Crippen LogP contribution is -2.21. The molecule has 0 aliphatic heterocycles. The Hall–Kier alpha value is -1.32. The minimum atomic E-state index is 0.486. The predicted molar refractivity (Wildman–Crippen MR) is 47.9 cm³/mol. The van der Waals surface area contributed by atoms with E-state index in [4.69, 9.17) is 5.73 Å². The van der Waals surface area contributed by atoms with E-state index >= 15 is 0 Å². The Morgan fingerprint density at radius 2 is 2.25 bits per heavy atom. The minimum Gasteiger partial charge on any atom is -0.382 e. The van der Waals surface area contributed by atoms with E-state index in [1.165, 1.54) is 12.8 Å². The number of anilines is 2. The fourth-order valence-electron chi connectivity index (χ4n) is 1.19. The van der Waals surface area contributed by atoms with Crippen LogP contribution in [0.15, 0.2) is 12.4 Å². The monoisotopic (exact) mass is 164 g/mol. The molecule has 2 rings (SSSR count). The van der Waals surface area contributed by atoms with E-state index in [1.807, 2.05) is 7.05 Å². The van der Waals surface area contributed by atoms with Gasteiger partial charge in [0.15, 0.2) is 0 Å². The molecule has 0 radical (unpaired) electrons. The van der Waals surface area contributed by atoms with Crippen molar-refractivity contribution in [1.29, 1.82) is 0 Å². The summed E-state index contributed by atoms with van der Waals surface area (Å²) < 4.78 is 0. The second kappa shape index (κ2) is 2.62. The summed E-state index contributed by atoms with van der Waals surface area (Å²) >= 11 is 0. The summed E-state index contributed by atoms with van der Waals surface area (Å²) in [5.41, 5.74) is 5.52. The molecular weight excluding hydrogens is 152 g/mol. The first-order chi connectivity index (χ1) is 5.77. The Labute approximate surface area is 71.4 Å². The van der Waals surface area contributed by atoms with Gasteiger partial charge in [0.25, 0.3) is 0 Å². The highest BCUT2D eigenvalue weighted by Crippen LogP contribution is 2.28. The zero-order valence-electron chi connectivity index (χ0n) is 7.07. The molecule has 0 saturated heterocycles. The van der Waals surface area contributed by atoms with Crippen LogP contribution >= 0.6 is 0 Å². The summed E-state index contributed by atoms with van der Waals surface area (Å²) in [6, 6.07) is 0.654. The van der Waals surface area contributed by atoms with Crippen LogP contribution in [0.25, 0.3) is 0 Å². The summed E-state index contributed by atoms with van der Waals surface area (Å²) in [4.78, 5) is 10.3. The molecule has 1 saturated carbocycles. The third-order valence-corrected chi connectivity index (χ3v) is 2.10. The molecule has 1 fully saturated rings. The van der Waals surface area contributed by atoms with Crippen LogP contribution in [0.5, 0.6) is 0 Å². The van der Waals surface area contributed by atoms with Gasteiger partial charge in [-0.3, -0.25) is 4.98 Å². The molecule has 0 aromatic carbocycles. The van der Waals surface area contributed by atoms with E-state index in [0.717, 1.165) is 5.82 Å². The molecule has 2 N–H and O–H groups in total. The van der Waals surface area contributed by atoms with Gasteiger partial charge in [-0.25, -0.2) is 4.98 Å². The van der Waals surface area contributed by atoms with Gasteiger partial charge in [-0.05, 0) is 12.8 Å². The third-order valence-electron chi connectivity index (χ3n) is 2.10. The quantitative estimate of drug-likeness (QED) is 0.697. The maximum Gasteiger partial charge on any atom is 0.149 e. The van der Waals surface area contributed by atoms with Crippen LogP contribution < -0.4 is 10.6 Å². The summed E-state index contributed by atoms with van der Waals surface area (Å²) in [5, 5.41) is 0. The third kappa shape index (κ3) is 1.32. The molecule has 0 spiro atoms. The molecule has 4 heteroatoms. The van der Waals surface area contributed by atoms with Gasteiger partial charge in [0.2, 0.25) is 0 Å². The lowest BCUT2D eigenvalue weighted by Gasteiger charge is -2.16. The van der Waals surface area contributed by atoms with Crippen LogP contribution in [-0.4, -0.2) is 23.1 Å².